The maximum absolute atomic E-state index is 5.20. The van der Waals surface area contributed by atoms with Gasteiger partial charge < -0.3 is 5.73 Å². The first-order valence-electron chi connectivity index (χ1n) is 2.46. The number of nitrogens with two attached hydrogens (primary N) is 1. The molecule has 0 radical (unpaired) electrons. The average Bonchev–Trinajstić information content (AvgIpc) is 1.69. The zero-order chi connectivity index (χ0) is 5.54. The third-order valence-corrected chi connectivity index (χ3v) is 0.697. The Labute approximate surface area is 44.5 Å². The Balaban J connectivity index is 2.83. The van der Waals surface area contributed by atoms with Crippen LogP contribution in [0.1, 0.15) is 12.8 Å². The maximum atomic E-state index is 5.20. The van der Waals surface area contributed by atoms with Crippen LogP contribution in [0.25, 0.3) is 0 Å². The molecule has 0 bridgehead atoms. The SMILES string of the molecule is C=C=CCCCN. The first-order valence-corrected chi connectivity index (χ1v) is 2.46. The zero-order valence-electron chi connectivity index (χ0n) is 4.48. The highest BCUT2D eigenvalue weighted by Gasteiger charge is 1.72. The molecule has 40 valence electrons. The van der Waals surface area contributed by atoms with Crippen molar-refractivity contribution in [3.63, 3.8) is 0 Å². The third kappa shape index (κ3) is 5.48. The van der Waals surface area contributed by atoms with Crippen molar-refractivity contribution in [1.29, 1.82) is 0 Å². The summed E-state index contributed by atoms with van der Waals surface area (Å²) in [5.74, 6) is 0. The quantitative estimate of drug-likeness (QED) is 0.413. The lowest BCUT2D eigenvalue weighted by molar-refractivity contribution is 0.856. The first-order chi connectivity index (χ1) is 3.41. The van der Waals surface area contributed by atoms with E-state index < -0.39 is 0 Å². The molecule has 0 aliphatic rings. The Hall–Kier alpha value is -0.520. The molecule has 0 aromatic rings. The van der Waals surface area contributed by atoms with Crippen LogP contribution < -0.4 is 5.73 Å². The van der Waals surface area contributed by atoms with Gasteiger partial charge in [0.1, 0.15) is 0 Å². The molecule has 0 atom stereocenters. The van der Waals surface area contributed by atoms with Gasteiger partial charge in [-0.05, 0) is 25.5 Å². The third-order valence-electron chi connectivity index (χ3n) is 0.697. The smallest absolute Gasteiger partial charge is 0.00741 e. The number of allylic oxidation sites excluding steroid dienone is 1. The Morgan fingerprint density at radius 2 is 2.43 bits per heavy atom. The molecule has 0 aliphatic carbocycles. The van der Waals surface area contributed by atoms with E-state index in [2.05, 4.69) is 12.3 Å². The van der Waals surface area contributed by atoms with Crippen molar-refractivity contribution in [2.24, 2.45) is 5.73 Å². The number of rotatable bonds is 3. The number of hydrogen-bond donors (Lipinski definition) is 1. The fourth-order valence-electron chi connectivity index (χ4n) is 0.322. The van der Waals surface area contributed by atoms with Crippen LogP contribution in [0.2, 0.25) is 0 Å². The summed E-state index contributed by atoms with van der Waals surface area (Å²) in [5, 5.41) is 0. The minimum atomic E-state index is 0.762. The van der Waals surface area contributed by atoms with Gasteiger partial charge in [0, 0.05) is 0 Å². The van der Waals surface area contributed by atoms with Crippen LogP contribution in [0.4, 0.5) is 0 Å². The minimum Gasteiger partial charge on any atom is -0.330 e. The Bertz CT molecular complexity index is 70.2. The van der Waals surface area contributed by atoms with E-state index in [1.54, 1.807) is 0 Å². The highest BCUT2D eigenvalue weighted by atomic mass is 14.5. The number of hydrogen-bond acceptors (Lipinski definition) is 1. The lowest BCUT2D eigenvalue weighted by atomic mass is 10.3. The van der Waals surface area contributed by atoms with E-state index in [4.69, 9.17) is 5.73 Å². The lowest BCUT2D eigenvalue weighted by Crippen LogP contribution is -1.96. The Kier molecular flexibility index (Phi) is 5.07. The van der Waals surface area contributed by atoms with E-state index in [0.29, 0.717) is 0 Å². The summed E-state index contributed by atoms with van der Waals surface area (Å²) >= 11 is 0. The molecule has 0 fully saturated rings. The second kappa shape index (κ2) is 5.48. The summed E-state index contributed by atoms with van der Waals surface area (Å²) in [6.45, 7) is 4.17. The van der Waals surface area contributed by atoms with Crippen LogP contribution in [0.15, 0.2) is 18.4 Å². The van der Waals surface area contributed by atoms with Gasteiger partial charge in [0.15, 0.2) is 0 Å². The predicted octanol–water partition coefficient (Wildman–Crippen LogP) is 1.07. The molecule has 0 unspecified atom stereocenters. The molecule has 0 heterocycles. The maximum Gasteiger partial charge on any atom is -0.00741 e. The molecule has 0 aromatic heterocycles. The molecule has 7 heavy (non-hydrogen) atoms. The topological polar surface area (TPSA) is 26.0 Å². The highest BCUT2D eigenvalue weighted by molar-refractivity contribution is 4.74. The van der Waals surface area contributed by atoms with E-state index >= 15 is 0 Å². The summed E-state index contributed by atoms with van der Waals surface area (Å²) in [5.41, 5.74) is 7.87. The van der Waals surface area contributed by atoms with E-state index in [1.165, 1.54) is 0 Å². The van der Waals surface area contributed by atoms with Crippen molar-refractivity contribution in [3.8, 4) is 0 Å². The van der Waals surface area contributed by atoms with Crippen LogP contribution in [0, 0.1) is 0 Å². The monoisotopic (exact) mass is 97.1 g/mol. The largest absolute Gasteiger partial charge is 0.330 e. The second-order valence-electron chi connectivity index (χ2n) is 1.34. The van der Waals surface area contributed by atoms with Crippen LogP contribution in [0.5, 0.6) is 0 Å². The van der Waals surface area contributed by atoms with Gasteiger partial charge in [-0.2, -0.15) is 0 Å². The van der Waals surface area contributed by atoms with Crippen molar-refractivity contribution in [1.82, 2.24) is 0 Å². The van der Waals surface area contributed by atoms with E-state index in [1.807, 2.05) is 6.08 Å². The fourth-order valence-corrected chi connectivity index (χ4v) is 0.322. The van der Waals surface area contributed by atoms with Gasteiger partial charge in [0.05, 0.1) is 0 Å². The molecule has 1 nitrogen and oxygen atoms in total. The van der Waals surface area contributed by atoms with E-state index in [-0.39, 0.29) is 0 Å². The van der Waals surface area contributed by atoms with Crippen molar-refractivity contribution in [3.05, 3.63) is 18.4 Å². The summed E-state index contributed by atoms with van der Waals surface area (Å²) in [6.07, 6.45) is 3.95. The standard InChI is InChI=1S/C6H11N/c1-2-3-4-5-6-7/h3H,1,4-7H2. The molecule has 0 spiro atoms. The molecule has 1 heteroatoms. The van der Waals surface area contributed by atoms with Crippen molar-refractivity contribution in [2.45, 2.75) is 12.8 Å². The van der Waals surface area contributed by atoms with Gasteiger partial charge in [-0.15, -0.1) is 5.73 Å². The van der Waals surface area contributed by atoms with Crippen LogP contribution in [0.3, 0.4) is 0 Å². The molecular formula is C6H11N. The van der Waals surface area contributed by atoms with Gasteiger partial charge in [0.25, 0.3) is 0 Å². The average molecular weight is 97.2 g/mol. The van der Waals surface area contributed by atoms with Gasteiger partial charge in [-0.3, -0.25) is 0 Å². The van der Waals surface area contributed by atoms with Crippen LogP contribution in [-0.2, 0) is 0 Å². The summed E-state index contributed by atoms with van der Waals surface area (Å²) < 4.78 is 0. The molecule has 0 amide bonds. The molecule has 0 aromatic carbocycles. The molecule has 0 saturated carbocycles. The summed E-state index contributed by atoms with van der Waals surface area (Å²) in [7, 11) is 0. The van der Waals surface area contributed by atoms with Crippen LogP contribution >= 0.6 is 0 Å². The van der Waals surface area contributed by atoms with Gasteiger partial charge in [-0.25, -0.2) is 0 Å². The Morgan fingerprint density at radius 3 is 2.86 bits per heavy atom. The Morgan fingerprint density at radius 1 is 1.71 bits per heavy atom. The molecule has 2 N–H and O–H groups in total. The van der Waals surface area contributed by atoms with Crippen molar-refractivity contribution >= 4 is 0 Å². The normalized spacial score (nSPS) is 7.57. The zero-order valence-corrected chi connectivity index (χ0v) is 4.48. The second-order valence-corrected chi connectivity index (χ2v) is 1.34. The minimum absolute atomic E-state index is 0.762. The summed E-state index contributed by atoms with van der Waals surface area (Å²) in [4.78, 5) is 0. The lowest BCUT2D eigenvalue weighted by Gasteiger charge is -1.82. The molecular weight excluding hydrogens is 86.1 g/mol. The van der Waals surface area contributed by atoms with Gasteiger partial charge in [-0.1, -0.05) is 6.58 Å². The predicted molar refractivity (Wildman–Crippen MR) is 32.0 cm³/mol. The van der Waals surface area contributed by atoms with E-state index in [9.17, 15) is 0 Å². The molecule has 0 aliphatic heterocycles. The van der Waals surface area contributed by atoms with Gasteiger partial charge >= 0.3 is 0 Å². The summed E-state index contributed by atoms with van der Waals surface area (Å²) in [6, 6.07) is 0. The fraction of sp³-hybridized carbons (Fsp3) is 0.500. The van der Waals surface area contributed by atoms with Crippen molar-refractivity contribution in [2.75, 3.05) is 6.54 Å². The van der Waals surface area contributed by atoms with Crippen LogP contribution in [-0.4, -0.2) is 6.54 Å². The first kappa shape index (κ1) is 6.48. The molecule has 0 saturated heterocycles. The van der Waals surface area contributed by atoms with E-state index in [0.717, 1.165) is 19.4 Å². The molecule has 0 rings (SSSR count). The number of unbranched alkanes of at least 4 members (excludes halogenated alkanes) is 1. The highest BCUT2D eigenvalue weighted by Crippen LogP contribution is 1.83. The van der Waals surface area contributed by atoms with Crippen molar-refractivity contribution < 1.29 is 0 Å². The van der Waals surface area contributed by atoms with Gasteiger partial charge in [0.2, 0.25) is 0 Å².